The van der Waals surface area contributed by atoms with Gasteiger partial charge in [0.1, 0.15) is 6.04 Å². The zero-order chi connectivity index (χ0) is 12.8. The lowest BCUT2D eigenvalue weighted by Crippen LogP contribution is -2.47. The van der Waals surface area contributed by atoms with Crippen molar-refractivity contribution in [1.29, 1.82) is 0 Å². The van der Waals surface area contributed by atoms with Gasteiger partial charge in [0.25, 0.3) is 0 Å². The second-order valence-electron chi connectivity index (χ2n) is 3.71. The van der Waals surface area contributed by atoms with Crippen molar-refractivity contribution in [2.75, 3.05) is 19.6 Å². The summed E-state index contributed by atoms with van der Waals surface area (Å²) in [6, 6.07) is -1.84. The van der Waals surface area contributed by atoms with Crippen LogP contribution < -0.4 is 16.4 Å². The van der Waals surface area contributed by atoms with Gasteiger partial charge in [-0.15, -0.1) is 0 Å². The standard InChI is InChI=1S/C9H16N4O4/c10-8(16)11-3-4-12-9(17)13-5-1-2-6(13)7(14)15/h6H,1-5H2,(H,12,17)(H,14,15)(H3,10,11,16)/t6-/m0/s1. The van der Waals surface area contributed by atoms with E-state index in [4.69, 9.17) is 10.8 Å². The van der Waals surface area contributed by atoms with Crippen LogP contribution in [-0.4, -0.2) is 53.7 Å². The normalized spacial score (nSPS) is 18.8. The molecule has 8 heteroatoms. The quantitative estimate of drug-likeness (QED) is 0.469. The Morgan fingerprint density at radius 3 is 2.53 bits per heavy atom. The number of nitrogens with two attached hydrogens (primary N) is 1. The fourth-order valence-electron chi connectivity index (χ4n) is 1.72. The van der Waals surface area contributed by atoms with Crippen LogP contribution in [0.4, 0.5) is 9.59 Å². The number of aliphatic carboxylic acids is 1. The first kappa shape index (κ1) is 13.1. The Hall–Kier alpha value is -1.99. The number of likely N-dealkylation sites (tertiary alicyclic amines) is 1. The number of hydrogen-bond acceptors (Lipinski definition) is 3. The van der Waals surface area contributed by atoms with Crippen molar-refractivity contribution in [2.24, 2.45) is 5.73 Å². The predicted molar refractivity (Wildman–Crippen MR) is 58.3 cm³/mol. The third-order valence-electron chi connectivity index (χ3n) is 2.50. The number of nitrogens with zero attached hydrogens (tertiary/aromatic N) is 1. The molecule has 8 nitrogen and oxygen atoms in total. The Morgan fingerprint density at radius 2 is 1.94 bits per heavy atom. The van der Waals surface area contributed by atoms with E-state index in [1.165, 1.54) is 4.90 Å². The minimum atomic E-state index is -0.993. The van der Waals surface area contributed by atoms with Crippen LogP contribution in [0.5, 0.6) is 0 Å². The third-order valence-corrected chi connectivity index (χ3v) is 2.50. The number of amides is 4. The zero-order valence-electron chi connectivity index (χ0n) is 9.31. The number of hydrogen-bond donors (Lipinski definition) is 4. The van der Waals surface area contributed by atoms with Gasteiger partial charge in [-0.25, -0.2) is 14.4 Å². The number of primary amides is 1. The SMILES string of the molecule is NC(=O)NCCNC(=O)N1CCC[C@H]1C(=O)O. The molecule has 4 amide bonds. The summed E-state index contributed by atoms with van der Waals surface area (Å²) in [5, 5.41) is 13.7. The number of carboxylic acid groups (broad SMARTS) is 1. The van der Waals surface area contributed by atoms with Crippen LogP contribution in [0, 0.1) is 0 Å². The molecule has 0 aromatic heterocycles. The molecule has 0 spiro atoms. The van der Waals surface area contributed by atoms with Gasteiger partial charge in [0.15, 0.2) is 0 Å². The van der Waals surface area contributed by atoms with E-state index in [1.807, 2.05) is 0 Å². The number of carbonyl (C=O) groups is 3. The molecule has 1 atom stereocenters. The van der Waals surface area contributed by atoms with E-state index < -0.39 is 24.1 Å². The van der Waals surface area contributed by atoms with Crippen LogP contribution in [0.1, 0.15) is 12.8 Å². The molecule has 0 aromatic rings. The summed E-state index contributed by atoms with van der Waals surface area (Å²) >= 11 is 0. The van der Waals surface area contributed by atoms with Crippen LogP contribution >= 0.6 is 0 Å². The van der Waals surface area contributed by atoms with Gasteiger partial charge in [-0.3, -0.25) is 0 Å². The van der Waals surface area contributed by atoms with E-state index in [9.17, 15) is 14.4 Å². The molecule has 1 rings (SSSR count). The Kier molecular flexibility index (Phi) is 4.56. The van der Waals surface area contributed by atoms with Crippen molar-refractivity contribution < 1.29 is 19.5 Å². The molecule has 0 aliphatic carbocycles. The highest BCUT2D eigenvalue weighted by atomic mass is 16.4. The van der Waals surface area contributed by atoms with Gasteiger partial charge in [-0.1, -0.05) is 0 Å². The maximum Gasteiger partial charge on any atom is 0.326 e. The zero-order valence-corrected chi connectivity index (χ0v) is 9.31. The van der Waals surface area contributed by atoms with Gasteiger partial charge < -0.3 is 26.4 Å². The molecule has 0 radical (unpaired) electrons. The number of carbonyl (C=O) groups excluding carboxylic acids is 2. The van der Waals surface area contributed by atoms with Crippen molar-refractivity contribution in [3.05, 3.63) is 0 Å². The Labute approximate surface area is 98.1 Å². The monoisotopic (exact) mass is 244 g/mol. The molecule has 0 bridgehead atoms. The van der Waals surface area contributed by atoms with Crippen LogP contribution in [0.2, 0.25) is 0 Å². The van der Waals surface area contributed by atoms with Gasteiger partial charge in [-0.05, 0) is 12.8 Å². The average Bonchev–Trinajstić information content (AvgIpc) is 2.72. The van der Waals surface area contributed by atoms with Crippen molar-refractivity contribution in [2.45, 2.75) is 18.9 Å². The van der Waals surface area contributed by atoms with E-state index in [0.717, 1.165) is 0 Å². The van der Waals surface area contributed by atoms with E-state index in [0.29, 0.717) is 19.4 Å². The molecule has 96 valence electrons. The molecule has 5 N–H and O–H groups in total. The van der Waals surface area contributed by atoms with E-state index in [1.54, 1.807) is 0 Å². The predicted octanol–water partition coefficient (Wildman–Crippen LogP) is -1.09. The summed E-state index contributed by atoms with van der Waals surface area (Å²) in [6.07, 6.45) is 1.16. The lowest BCUT2D eigenvalue weighted by atomic mass is 10.2. The minimum Gasteiger partial charge on any atom is -0.480 e. The Bertz CT molecular complexity index is 320. The molecule has 17 heavy (non-hydrogen) atoms. The fourth-order valence-corrected chi connectivity index (χ4v) is 1.72. The molecule has 1 heterocycles. The van der Waals surface area contributed by atoms with E-state index in [2.05, 4.69) is 10.6 Å². The first-order valence-corrected chi connectivity index (χ1v) is 5.33. The largest absolute Gasteiger partial charge is 0.480 e. The first-order chi connectivity index (χ1) is 8.02. The maximum atomic E-state index is 11.6. The summed E-state index contributed by atoms with van der Waals surface area (Å²) in [5.74, 6) is -0.993. The molecule has 0 aromatic carbocycles. The summed E-state index contributed by atoms with van der Waals surface area (Å²) in [4.78, 5) is 34.1. The van der Waals surface area contributed by atoms with Crippen LogP contribution in [0.15, 0.2) is 0 Å². The number of rotatable bonds is 4. The van der Waals surface area contributed by atoms with Gasteiger partial charge in [-0.2, -0.15) is 0 Å². The first-order valence-electron chi connectivity index (χ1n) is 5.33. The van der Waals surface area contributed by atoms with E-state index >= 15 is 0 Å². The second-order valence-corrected chi connectivity index (χ2v) is 3.71. The van der Waals surface area contributed by atoms with Crippen LogP contribution in [-0.2, 0) is 4.79 Å². The van der Waals surface area contributed by atoms with E-state index in [-0.39, 0.29) is 13.1 Å². The highest BCUT2D eigenvalue weighted by Crippen LogP contribution is 2.16. The average molecular weight is 244 g/mol. The topological polar surface area (TPSA) is 125 Å². The summed E-state index contributed by atoms with van der Waals surface area (Å²) in [7, 11) is 0. The van der Waals surface area contributed by atoms with Crippen LogP contribution in [0.25, 0.3) is 0 Å². The molecule has 0 saturated carbocycles. The van der Waals surface area contributed by atoms with Gasteiger partial charge in [0, 0.05) is 19.6 Å². The molecular weight excluding hydrogens is 228 g/mol. The third kappa shape index (κ3) is 3.82. The maximum absolute atomic E-state index is 11.6. The number of urea groups is 2. The Morgan fingerprint density at radius 1 is 1.29 bits per heavy atom. The fraction of sp³-hybridized carbons (Fsp3) is 0.667. The number of carboxylic acids is 1. The number of nitrogens with one attached hydrogen (secondary N) is 2. The molecule has 1 aliphatic heterocycles. The van der Waals surface area contributed by atoms with Crippen LogP contribution in [0.3, 0.4) is 0 Å². The molecule has 0 unspecified atom stereocenters. The summed E-state index contributed by atoms with van der Waals surface area (Å²) in [6.45, 7) is 0.864. The molecule has 1 fully saturated rings. The van der Waals surface area contributed by atoms with Gasteiger partial charge >= 0.3 is 18.0 Å². The summed E-state index contributed by atoms with van der Waals surface area (Å²) < 4.78 is 0. The van der Waals surface area contributed by atoms with Crippen molar-refractivity contribution in [3.8, 4) is 0 Å². The molecule has 1 saturated heterocycles. The molecular formula is C9H16N4O4. The smallest absolute Gasteiger partial charge is 0.326 e. The highest BCUT2D eigenvalue weighted by Gasteiger charge is 2.33. The lowest BCUT2D eigenvalue weighted by Gasteiger charge is -2.21. The highest BCUT2D eigenvalue weighted by molar-refractivity contribution is 5.83. The van der Waals surface area contributed by atoms with Crippen molar-refractivity contribution >= 4 is 18.0 Å². The summed E-state index contributed by atoms with van der Waals surface area (Å²) in [5.41, 5.74) is 4.84. The van der Waals surface area contributed by atoms with Gasteiger partial charge in [0.2, 0.25) is 0 Å². The van der Waals surface area contributed by atoms with Gasteiger partial charge in [0.05, 0.1) is 0 Å². The van der Waals surface area contributed by atoms with Crippen molar-refractivity contribution in [3.63, 3.8) is 0 Å². The lowest BCUT2D eigenvalue weighted by molar-refractivity contribution is -0.141. The Balaban J connectivity index is 2.32. The molecule has 1 aliphatic rings. The van der Waals surface area contributed by atoms with Crippen molar-refractivity contribution in [1.82, 2.24) is 15.5 Å². The minimum absolute atomic E-state index is 0.213. The second kappa shape index (κ2) is 5.92.